The van der Waals surface area contributed by atoms with Gasteiger partial charge in [-0.3, -0.25) is 0 Å². The number of benzene rings is 1. The van der Waals surface area contributed by atoms with Crippen molar-refractivity contribution < 1.29 is 8.42 Å². The van der Waals surface area contributed by atoms with Crippen molar-refractivity contribution in [3.05, 3.63) is 35.4 Å². The van der Waals surface area contributed by atoms with Crippen molar-refractivity contribution in [2.24, 2.45) is 5.73 Å². The Morgan fingerprint density at radius 1 is 1.00 bits per heavy atom. The SMILES string of the molecule is CS(=O)(=O)CC1(c2ccc(C3(CN)CC3)cc2)CC1. The molecule has 0 aliphatic heterocycles. The van der Waals surface area contributed by atoms with Gasteiger partial charge in [-0.05, 0) is 36.8 Å². The Morgan fingerprint density at radius 3 is 1.74 bits per heavy atom. The first kappa shape index (κ1) is 13.1. The summed E-state index contributed by atoms with van der Waals surface area (Å²) in [5, 5.41) is 0. The molecule has 0 atom stereocenters. The van der Waals surface area contributed by atoms with Crippen molar-refractivity contribution in [1.82, 2.24) is 0 Å². The summed E-state index contributed by atoms with van der Waals surface area (Å²) in [7, 11) is -2.92. The third-order valence-electron chi connectivity index (χ3n) is 4.75. The van der Waals surface area contributed by atoms with E-state index in [1.807, 2.05) is 0 Å². The van der Waals surface area contributed by atoms with Crippen LogP contribution in [0.15, 0.2) is 24.3 Å². The molecule has 4 heteroatoms. The Kier molecular flexibility index (Phi) is 2.81. The van der Waals surface area contributed by atoms with Gasteiger partial charge in [0, 0.05) is 23.6 Å². The highest BCUT2D eigenvalue weighted by Crippen LogP contribution is 2.51. The van der Waals surface area contributed by atoms with E-state index in [0.29, 0.717) is 6.54 Å². The Labute approximate surface area is 115 Å². The van der Waals surface area contributed by atoms with Gasteiger partial charge >= 0.3 is 0 Å². The highest BCUT2D eigenvalue weighted by Gasteiger charge is 2.47. The Morgan fingerprint density at radius 2 is 1.42 bits per heavy atom. The number of hydrogen-bond acceptors (Lipinski definition) is 3. The maximum Gasteiger partial charge on any atom is 0.148 e. The largest absolute Gasteiger partial charge is 0.330 e. The first-order chi connectivity index (χ1) is 8.89. The number of hydrogen-bond donors (Lipinski definition) is 1. The number of nitrogens with two attached hydrogens (primary N) is 1. The van der Waals surface area contributed by atoms with Crippen molar-refractivity contribution >= 4 is 9.84 Å². The molecule has 0 unspecified atom stereocenters. The van der Waals surface area contributed by atoms with E-state index in [9.17, 15) is 8.42 Å². The van der Waals surface area contributed by atoms with Gasteiger partial charge in [-0.2, -0.15) is 0 Å². The van der Waals surface area contributed by atoms with Crippen LogP contribution in [-0.4, -0.2) is 27.0 Å². The molecule has 3 rings (SSSR count). The fourth-order valence-electron chi connectivity index (χ4n) is 3.11. The normalized spacial score (nSPS) is 23.1. The average Bonchev–Trinajstić information content (AvgIpc) is 3.23. The van der Waals surface area contributed by atoms with E-state index >= 15 is 0 Å². The third kappa shape index (κ3) is 2.43. The van der Waals surface area contributed by atoms with Crippen LogP contribution in [0.2, 0.25) is 0 Å². The Bertz CT molecular complexity index is 581. The van der Waals surface area contributed by atoms with E-state index < -0.39 is 9.84 Å². The summed E-state index contributed by atoms with van der Waals surface area (Å²) < 4.78 is 23.1. The summed E-state index contributed by atoms with van der Waals surface area (Å²) in [4.78, 5) is 0. The van der Waals surface area contributed by atoms with Gasteiger partial charge in [0.05, 0.1) is 5.75 Å². The lowest BCUT2D eigenvalue weighted by Crippen LogP contribution is -2.21. The summed E-state index contributed by atoms with van der Waals surface area (Å²) in [6, 6.07) is 8.53. The first-order valence-electron chi connectivity index (χ1n) is 6.88. The molecule has 2 saturated carbocycles. The van der Waals surface area contributed by atoms with Gasteiger partial charge in [-0.1, -0.05) is 24.3 Å². The van der Waals surface area contributed by atoms with E-state index in [1.165, 1.54) is 30.2 Å². The van der Waals surface area contributed by atoms with E-state index in [1.54, 1.807) is 0 Å². The van der Waals surface area contributed by atoms with Crippen LogP contribution >= 0.6 is 0 Å². The minimum absolute atomic E-state index is 0.106. The smallest absolute Gasteiger partial charge is 0.148 e. The predicted octanol–water partition coefficient (Wildman–Crippen LogP) is 1.75. The Balaban J connectivity index is 1.84. The highest BCUT2D eigenvalue weighted by molar-refractivity contribution is 7.90. The molecule has 2 N–H and O–H groups in total. The minimum atomic E-state index is -2.92. The lowest BCUT2D eigenvalue weighted by molar-refractivity contribution is 0.592. The van der Waals surface area contributed by atoms with Crippen LogP contribution in [-0.2, 0) is 20.7 Å². The zero-order valence-electron chi connectivity index (χ0n) is 11.4. The fourth-order valence-corrected chi connectivity index (χ4v) is 4.57. The van der Waals surface area contributed by atoms with E-state index in [0.717, 1.165) is 12.8 Å². The summed E-state index contributed by atoms with van der Waals surface area (Å²) in [6.45, 7) is 0.709. The molecule has 104 valence electrons. The lowest BCUT2D eigenvalue weighted by atomic mass is 9.91. The monoisotopic (exact) mass is 279 g/mol. The summed E-state index contributed by atoms with van der Waals surface area (Å²) >= 11 is 0. The molecular formula is C15H21NO2S. The van der Waals surface area contributed by atoms with Crippen molar-refractivity contribution in [3.8, 4) is 0 Å². The zero-order valence-corrected chi connectivity index (χ0v) is 12.2. The molecule has 1 aromatic rings. The molecule has 0 spiro atoms. The van der Waals surface area contributed by atoms with Gasteiger partial charge < -0.3 is 5.73 Å². The molecule has 1 aromatic carbocycles. The fraction of sp³-hybridized carbons (Fsp3) is 0.600. The molecule has 0 radical (unpaired) electrons. The van der Waals surface area contributed by atoms with E-state index in [2.05, 4.69) is 24.3 Å². The van der Waals surface area contributed by atoms with Gasteiger partial charge in [0.15, 0.2) is 0 Å². The van der Waals surface area contributed by atoms with E-state index in [-0.39, 0.29) is 16.6 Å². The van der Waals surface area contributed by atoms with Crippen molar-refractivity contribution in [3.63, 3.8) is 0 Å². The molecule has 2 aliphatic rings. The average molecular weight is 279 g/mol. The summed E-state index contributed by atoms with van der Waals surface area (Å²) in [5.74, 6) is 0.279. The summed E-state index contributed by atoms with van der Waals surface area (Å²) in [5.41, 5.74) is 8.44. The van der Waals surface area contributed by atoms with Crippen molar-refractivity contribution in [1.29, 1.82) is 0 Å². The van der Waals surface area contributed by atoms with Crippen LogP contribution in [0, 0.1) is 0 Å². The molecule has 0 aromatic heterocycles. The van der Waals surface area contributed by atoms with Crippen molar-refractivity contribution in [2.75, 3.05) is 18.6 Å². The maximum absolute atomic E-state index is 11.5. The molecule has 19 heavy (non-hydrogen) atoms. The number of sulfone groups is 1. The van der Waals surface area contributed by atoms with Crippen LogP contribution in [0.3, 0.4) is 0 Å². The van der Waals surface area contributed by atoms with Crippen molar-refractivity contribution in [2.45, 2.75) is 36.5 Å². The van der Waals surface area contributed by atoms with Crippen LogP contribution in [0.4, 0.5) is 0 Å². The molecule has 0 bridgehead atoms. The van der Waals surface area contributed by atoms with Gasteiger partial charge in [-0.15, -0.1) is 0 Å². The third-order valence-corrected chi connectivity index (χ3v) is 5.82. The standard InChI is InChI=1S/C15H21NO2S/c1-19(17,18)11-15(8-9-15)13-4-2-12(3-5-13)14(10-16)6-7-14/h2-5H,6-11,16H2,1H3. The predicted molar refractivity (Wildman–Crippen MR) is 77.0 cm³/mol. The molecule has 2 fully saturated rings. The number of rotatable bonds is 5. The maximum atomic E-state index is 11.5. The second-order valence-electron chi connectivity index (χ2n) is 6.41. The molecule has 0 heterocycles. The molecule has 3 nitrogen and oxygen atoms in total. The van der Waals surface area contributed by atoms with Gasteiger partial charge in [-0.25, -0.2) is 8.42 Å². The molecule has 0 amide bonds. The summed E-state index contributed by atoms with van der Waals surface area (Å²) in [6.07, 6.45) is 5.66. The highest BCUT2D eigenvalue weighted by atomic mass is 32.2. The molecule has 0 saturated heterocycles. The topological polar surface area (TPSA) is 60.2 Å². The minimum Gasteiger partial charge on any atom is -0.330 e. The van der Waals surface area contributed by atoms with Crippen LogP contribution in [0.5, 0.6) is 0 Å². The van der Waals surface area contributed by atoms with Gasteiger partial charge in [0.2, 0.25) is 0 Å². The van der Waals surface area contributed by atoms with Crippen LogP contribution in [0.1, 0.15) is 36.8 Å². The van der Waals surface area contributed by atoms with Gasteiger partial charge in [0.25, 0.3) is 0 Å². The van der Waals surface area contributed by atoms with Crippen LogP contribution in [0.25, 0.3) is 0 Å². The molecule has 2 aliphatic carbocycles. The first-order valence-corrected chi connectivity index (χ1v) is 8.94. The van der Waals surface area contributed by atoms with Crippen LogP contribution < -0.4 is 5.73 Å². The second kappa shape index (κ2) is 4.06. The van der Waals surface area contributed by atoms with E-state index in [4.69, 9.17) is 5.73 Å². The second-order valence-corrected chi connectivity index (χ2v) is 8.55. The molecular weight excluding hydrogens is 258 g/mol. The zero-order chi connectivity index (χ0) is 13.7. The Hall–Kier alpha value is -0.870. The lowest BCUT2D eigenvalue weighted by Gasteiger charge is -2.17. The quantitative estimate of drug-likeness (QED) is 0.893. The van der Waals surface area contributed by atoms with Gasteiger partial charge in [0.1, 0.15) is 9.84 Å².